The minimum atomic E-state index is -0.511. The molecule has 0 spiro atoms. The average molecular weight is 715 g/mol. The molecule has 0 fully saturated rings. The third kappa shape index (κ3) is 16.8. The van der Waals surface area contributed by atoms with Crippen molar-refractivity contribution < 1.29 is 28.6 Å². The molecular formula is C44H62N2O6. The van der Waals surface area contributed by atoms with E-state index in [1.54, 1.807) is 49.4 Å². The van der Waals surface area contributed by atoms with Gasteiger partial charge < -0.3 is 24.8 Å². The van der Waals surface area contributed by atoms with Gasteiger partial charge in [-0.3, -0.25) is 4.79 Å². The zero-order valence-corrected chi connectivity index (χ0v) is 31.9. The molecule has 0 aliphatic heterocycles. The zero-order valence-electron chi connectivity index (χ0n) is 31.9. The Balaban J connectivity index is 1.34. The summed E-state index contributed by atoms with van der Waals surface area (Å²) in [4.78, 5) is 37.5. The summed E-state index contributed by atoms with van der Waals surface area (Å²) in [6, 6.07) is 19.7. The maximum absolute atomic E-state index is 13.1. The van der Waals surface area contributed by atoms with Gasteiger partial charge in [-0.15, -0.1) is 0 Å². The van der Waals surface area contributed by atoms with Gasteiger partial charge in [0.1, 0.15) is 5.75 Å². The molecular weight excluding hydrogens is 652 g/mol. The Labute approximate surface area is 312 Å². The maximum Gasteiger partial charge on any atom is 0.338 e. The highest BCUT2D eigenvalue weighted by molar-refractivity contribution is 5.99. The fourth-order valence-electron chi connectivity index (χ4n) is 6.16. The smallest absolute Gasteiger partial charge is 0.338 e. The van der Waals surface area contributed by atoms with Crippen molar-refractivity contribution in [2.75, 3.05) is 31.0 Å². The van der Waals surface area contributed by atoms with E-state index in [2.05, 4.69) is 17.6 Å². The lowest BCUT2D eigenvalue weighted by molar-refractivity contribution is -0.116. The first kappa shape index (κ1) is 42.1. The fraction of sp³-hybridized carbons (Fsp3) is 0.523. The van der Waals surface area contributed by atoms with E-state index in [-0.39, 0.29) is 18.9 Å². The highest BCUT2D eigenvalue weighted by Crippen LogP contribution is 2.28. The van der Waals surface area contributed by atoms with Gasteiger partial charge in [-0.1, -0.05) is 121 Å². The molecule has 0 bridgehead atoms. The van der Waals surface area contributed by atoms with Gasteiger partial charge in [-0.2, -0.15) is 0 Å². The topological polar surface area (TPSA) is 103 Å². The summed E-state index contributed by atoms with van der Waals surface area (Å²) in [7, 11) is 1.31. The quantitative estimate of drug-likeness (QED) is 0.0598. The molecule has 3 rings (SSSR count). The minimum absolute atomic E-state index is 0.200. The molecule has 8 heteroatoms. The van der Waals surface area contributed by atoms with E-state index < -0.39 is 11.9 Å². The largest absolute Gasteiger partial charge is 0.494 e. The van der Waals surface area contributed by atoms with Gasteiger partial charge in [0, 0.05) is 12.1 Å². The predicted octanol–water partition coefficient (Wildman–Crippen LogP) is 11.6. The molecule has 0 aliphatic rings. The number of anilines is 3. The fourth-order valence-corrected chi connectivity index (χ4v) is 6.16. The van der Waals surface area contributed by atoms with Crippen LogP contribution in [0.4, 0.5) is 17.1 Å². The Hall–Kier alpha value is -4.33. The van der Waals surface area contributed by atoms with Gasteiger partial charge in [0.2, 0.25) is 5.91 Å². The summed E-state index contributed by atoms with van der Waals surface area (Å²) < 4.78 is 16.0. The molecule has 1 amide bonds. The Kier molecular flexibility index (Phi) is 20.7. The third-order valence-electron chi connectivity index (χ3n) is 9.20. The average Bonchev–Trinajstić information content (AvgIpc) is 3.16. The molecule has 8 nitrogen and oxygen atoms in total. The molecule has 52 heavy (non-hydrogen) atoms. The normalized spacial score (nSPS) is 10.8. The molecule has 0 atom stereocenters. The SMILES string of the molecule is CCCCCCCCCCCCCCCCCCOc1ccc(CCC(=O)Nc2cc(C(=O)OC)ccc2Nc2cccc(C(=O)OCC)c2)cc1. The van der Waals surface area contributed by atoms with Crippen molar-refractivity contribution >= 4 is 34.9 Å². The van der Waals surface area contributed by atoms with Gasteiger partial charge in [0.25, 0.3) is 0 Å². The van der Waals surface area contributed by atoms with Crippen molar-refractivity contribution in [1.82, 2.24) is 0 Å². The van der Waals surface area contributed by atoms with Crippen LogP contribution in [0, 0.1) is 0 Å². The summed E-state index contributed by atoms with van der Waals surface area (Å²) >= 11 is 0. The number of aryl methyl sites for hydroxylation is 1. The molecule has 0 aromatic heterocycles. The Bertz CT molecular complexity index is 1470. The summed E-state index contributed by atoms with van der Waals surface area (Å²) in [5.74, 6) is -0.287. The summed E-state index contributed by atoms with van der Waals surface area (Å²) in [6.45, 7) is 5.03. The lowest BCUT2D eigenvalue weighted by Crippen LogP contribution is -2.14. The molecule has 284 valence electrons. The minimum Gasteiger partial charge on any atom is -0.494 e. The number of nitrogens with one attached hydrogen (secondary N) is 2. The van der Waals surface area contributed by atoms with Crippen LogP contribution in [0.15, 0.2) is 66.7 Å². The summed E-state index contributed by atoms with van der Waals surface area (Å²) in [5, 5.41) is 6.18. The number of esters is 2. The van der Waals surface area contributed by atoms with E-state index >= 15 is 0 Å². The van der Waals surface area contributed by atoms with E-state index in [0.29, 0.717) is 41.2 Å². The monoisotopic (exact) mass is 714 g/mol. The highest BCUT2D eigenvalue weighted by Gasteiger charge is 2.14. The number of methoxy groups -OCH3 is 1. The van der Waals surface area contributed by atoms with Crippen LogP contribution >= 0.6 is 0 Å². The van der Waals surface area contributed by atoms with Crippen LogP contribution in [0.2, 0.25) is 0 Å². The lowest BCUT2D eigenvalue weighted by Gasteiger charge is -2.15. The van der Waals surface area contributed by atoms with Crippen molar-refractivity contribution in [3.63, 3.8) is 0 Å². The molecule has 0 heterocycles. The number of unbranched alkanes of at least 4 members (excludes halogenated alkanes) is 15. The van der Waals surface area contributed by atoms with Crippen molar-refractivity contribution in [2.45, 2.75) is 129 Å². The Morgan fingerprint density at radius 2 is 1.21 bits per heavy atom. The molecule has 0 saturated carbocycles. The standard InChI is InChI=1S/C44H62N2O6/c1-4-6-7-8-9-10-11-12-13-14-15-16-17-18-19-20-32-52-39-28-24-35(25-29-39)26-31-42(47)46-41-34-37(43(48)50-3)27-30-40(41)45-38-23-21-22-36(33-38)44(49)51-5-2/h21-25,27-30,33-34,45H,4-20,26,31-32H2,1-3H3,(H,46,47). The second kappa shape index (κ2) is 25.6. The molecule has 0 unspecified atom stereocenters. The maximum atomic E-state index is 13.1. The Morgan fingerprint density at radius 3 is 1.81 bits per heavy atom. The van der Waals surface area contributed by atoms with E-state index in [0.717, 1.165) is 17.7 Å². The summed E-state index contributed by atoms with van der Waals surface area (Å²) in [5.41, 5.74) is 3.35. The number of hydrogen-bond acceptors (Lipinski definition) is 7. The van der Waals surface area contributed by atoms with Crippen LogP contribution in [-0.2, 0) is 20.7 Å². The second-order valence-corrected chi connectivity index (χ2v) is 13.5. The van der Waals surface area contributed by atoms with Crippen molar-refractivity contribution in [2.24, 2.45) is 0 Å². The second-order valence-electron chi connectivity index (χ2n) is 13.5. The van der Waals surface area contributed by atoms with Gasteiger partial charge in [-0.05, 0) is 73.9 Å². The van der Waals surface area contributed by atoms with Crippen LogP contribution < -0.4 is 15.4 Å². The van der Waals surface area contributed by atoms with E-state index in [9.17, 15) is 14.4 Å². The molecule has 0 aliphatic carbocycles. The molecule has 2 N–H and O–H groups in total. The number of hydrogen-bond donors (Lipinski definition) is 2. The lowest BCUT2D eigenvalue weighted by atomic mass is 10.0. The van der Waals surface area contributed by atoms with Gasteiger partial charge in [0.05, 0.1) is 42.8 Å². The molecule has 0 saturated heterocycles. The van der Waals surface area contributed by atoms with Gasteiger partial charge in [0.15, 0.2) is 0 Å². The van der Waals surface area contributed by atoms with E-state index in [4.69, 9.17) is 14.2 Å². The molecule has 3 aromatic rings. The van der Waals surface area contributed by atoms with Gasteiger partial charge >= 0.3 is 11.9 Å². The first-order valence-corrected chi connectivity index (χ1v) is 19.7. The number of ether oxygens (including phenoxy) is 3. The number of amides is 1. The van der Waals surface area contributed by atoms with Crippen LogP contribution in [0.25, 0.3) is 0 Å². The van der Waals surface area contributed by atoms with Gasteiger partial charge in [-0.25, -0.2) is 9.59 Å². The van der Waals surface area contributed by atoms with Crippen LogP contribution in [0.1, 0.15) is 149 Å². The summed E-state index contributed by atoms with van der Waals surface area (Å²) in [6.07, 6.45) is 22.4. The van der Waals surface area contributed by atoms with E-state index in [1.807, 2.05) is 24.3 Å². The number of rotatable bonds is 27. The van der Waals surface area contributed by atoms with Crippen LogP contribution in [0.3, 0.4) is 0 Å². The third-order valence-corrected chi connectivity index (χ3v) is 9.20. The first-order chi connectivity index (χ1) is 25.4. The molecule has 3 aromatic carbocycles. The predicted molar refractivity (Wildman–Crippen MR) is 212 cm³/mol. The zero-order chi connectivity index (χ0) is 37.2. The number of benzene rings is 3. The Morgan fingerprint density at radius 1 is 0.615 bits per heavy atom. The number of carbonyl (C=O) groups is 3. The van der Waals surface area contributed by atoms with Crippen molar-refractivity contribution in [3.8, 4) is 5.75 Å². The number of carbonyl (C=O) groups excluding carboxylic acids is 3. The van der Waals surface area contributed by atoms with Crippen molar-refractivity contribution in [1.29, 1.82) is 0 Å². The van der Waals surface area contributed by atoms with Crippen LogP contribution in [0.5, 0.6) is 5.75 Å². The van der Waals surface area contributed by atoms with Crippen molar-refractivity contribution in [3.05, 3.63) is 83.4 Å². The van der Waals surface area contributed by atoms with E-state index in [1.165, 1.54) is 103 Å². The first-order valence-electron chi connectivity index (χ1n) is 19.7. The molecule has 0 radical (unpaired) electrons. The van der Waals surface area contributed by atoms with Crippen LogP contribution in [-0.4, -0.2) is 38.2 Å². The highest BCUT2D eigenvalue weighted by atomic mass is 16.5.